The molecule has 0 aliphatic carbocycles. The Hall–Kier alpha value is -8.52. The van der Waals surface area contributed by atoms with Crippen LogP contribution in [0, 0.1) is 0 Å². The van der Waals surface area contributed by atoms with Gasteiger partial charge in [-0.3, -0.25) is 0 Å². The number of hydrogen-bond donors (Lipinski definition) is 3. The normalized spacial score (nSPS) is 11.6. The molecule has 3 atom stereocenters. The molecule has 0 fully saturated rings. The molecule has 81 heavy (non-hydrogen) atoms. The summed E-state index contributed by atoms with van der Waals surface area (Å²) in [6, 6.07) is 0. The maximum absolute atomic E-state index is 13.8. The second-order valence-corrected chi connectivity index (χ2v) is 18.0. The lowest BCUT2D eigenvalue weighted by atomic mass is 10.2. The highest BCUT2D eigenvalue weighted by Gasteiger charge is 2.23. The molecule has 0 aromatic carbocycles. The van der Waals surface area contributed by atoms with Gasteiger partial charge in [-0.1, -0.05) is 78.0 Å². The van der Waals surface area contributed by atoms with Gasteiger partial charge in [0.05, 0.1) is 0 Å². The monoisotopic (exact) mass is 1150 g/mol. The van der Waals surface area contributed by atoms with E-state index in [0.717, 1.165) is 31.9 Å². The summed E-state index contributed by atoms with van der Waals surface area (Å²) in [5, 5.41) is 7.70. The number of unbranched alkanes of at least 4 members (excludes halogenated alkanes) is 9. The number of carbonyl (C=O) groups is 9. The third-order valence-electron chi connectivity index (χ3n) is 10.9. The van der Waals surface area contributed by atoms with E-state index in [1.54, 1.807) is 0 Å². The molecule has 3 amide bonds. The molecule has 27 nitrogen and oxygen atoms in total. The summed E-state index contributed by atoms with van der Waals surface area (Å²) < 4.78 is 48.7. The van der Waals surface area contributed by atoms with Gasteiger partial charge in [0, 0.05) is 74.2 Å². The van der Waals surface area contributed by atoms with Gasteiger partial charge >= 0.3 is 71.2 Å². The standard InChI is InChI=1S/C54H78N6O21/c1-10-43(61)73-31-40(34-76-46(64)37(4)5)79-49(67)55-25-19-13-16-22-28-58-52(70)59(29-23-17-14-20-26-56-50(68)80-41(32-74-44(62)11-2)35-77-47(65)38(6)7)54(72)60(53(58)71)30-24-18-15-21-27-57-51(69)81-42(33-75-45(63)12-3)36-78-48(66)39(8)9/h10-12,40-42H,1-4,6,8,13-36H2,5,7,9H3,(H,55,67)(H,56,68)(H,57,69). The van der Waals surface area contributed by atoms with Crippen molar-refractivity contribution in [3.8, 4) is 0 Å². The van der Waals surface area contributed by atoms with Crippen LogP contribution in [0.25, 0.3) is 0 Å². The topological polar surface area (TPSA) is 339 Å². The number of esters is 6. The lowest BCUT2D eigenvalue weighted by Crippen LogP contribution is -2.54. The highest BCUT2D eigenvalue weighted by Crippen LogP contribution is 2.07. The van der Waals surface area contributed by atoms with Crippen LogP contribution in [0.1, 0.15) is 97.8 Å². The Kier molecular flexibility index (Phi) is 35.4. The zero-order valence-electron chi connectivity index (χ0n) is 46.6. The van der Waals surface area contributed by atoms with Crippen LogP contribution in [0.2, 0.25) is 0 Å². The molecule has 1 rings (SSSR count). The second-order valence-electron chi connectivity index (χ2n) is 18.0. The average molecular weight is 1150 g/mol. The molecular formula is C54H78N6O21. The fourth-order valence-electron chi connectivity index (χ4n) is 6.58. The summed E-state index contributed by atoms with van der Waals surface area (Å²) >= 11 is 0. The quantitative estimate of drug-likeness (QED) is 0.0364. The molecule has 1 heterocycles. The van der Waals surface area contributed by atoms with Crippen LogP contribution < -0.4 is 33.0 Å². The first-order chi connectivity index (χ1) is 38.5. The van der Waals surface area contributed by atoms with Crippen LogP contribution >= 0.6 is 0 Å². The molecule has 3 unspecified atom stereocenters. The average Bonchev–Trinajstić information content (AvgIpc) is 3.43. The zero-order valence-corrected chi connectivity index (χ0v) is 46.6. The van der Waals surface area contributed by atoms with Gasteiger partial charge in [-0.2, -0.15) is 0 Å². The minimum Gasteiger partial charge on any atom is -0.458 e. The first-order valence-electron chi connectivity index (χ1n) is 26.2. The van der Waals surface area contributed by atoms with E-state index in [-0.39, 0.29) is 56.0 Å². The minimum atomic E-state index is -1.12. The lowest BCUT2D eigenvalue weighted by molar-refractivity contribution is -0.148. The van der Waals surface area contributed by atoms with Gasteiger partial charge in [-0.15, -0.1) is 0 Å². The van der Waals surface area contributed by atoms with Crippen molar-refractivity contribution >= 4 is 54.1 Å². The third kappa shape index (κ3) is 31.0. The van der Waals surface area contributed by atoms with Gasteiger partial charge in [0.25, 0.3) is 0 Å². The Balaban J connectivity index is 2.97. The first-order valence-corrected chi connectivity index (χ1v) is 26.2. The van der Waals surface area contributed by atoms with Gasteiger partial charge < -0.3 is 58.6 Å². The lowest BCUT2D eigenvalue weighted by Gasteiger charge is -2.18. The van der Waals surface area contributed by atoms with Crippen molar-refractivity contribution in [3.63, 3.8) is 0 Å². The number of rotatable bonds is 42. The van der Waals surface area contributed by atoms with E-state index >= 15 is 0 Å². The molecule has 3 N–H and O–H groups in total. The van der Waals surface area contributed by atoms with Gasteiger partial charge in [0.1, 0.15) is 39.6 Å². The Morgan fingerprint density at radius 3 is 0.827 bits per heavy atom. The summed E-state index contributed by atoms with van der Waals surface area (Å²) in [7, 11) is 0. The molecular weight excluding hydrogens is 1070 g/mol. The number of nitrogens with zero attached hydrogens (tertiary/aromatic N) is 3. The predicted octanol–water partition coefficient (Wildman–Crippen LogP) is 3.68. The molecule has 0 radical (unpaired) electrons. The van der Waals surface area contributed by atoms with Crippen molar-refractivity contribution < 1.29 is 85.8 Å². The van der Waals surface area contributed by atoms with E-state index in [1.165, 1.54) is 20.8 Å². The van der Waals surface area contributed by atoms with Crippen LogP contribution in [-0.2, 0) is 91.0 Å². The van der Waals surface area contributed by atoms with E-state index in [4.69, 9.17) is 42.6 Å². The molecule has 0 saturated heterocycles. The summed E-state index contributed by atoms with van der Waals surface area (Å²) in [6.45, 7) is 22.6. The summed E-state index contributed by atoms with van der Waals surface area (Å²) in [5.41, 5.74) is -2.02. The van der Waals surface area contributed by atoms with Gasteiger partial charge in [0.2, 0.25) is 0 Å². The van der Waals surface area contributed by atoms with Crippen LogP contribution in [-0.4, -0.2) is 145 Å². The molecule has 0 spiro atoms. The number of amides is 3. The van der Waals surface area contributed by atoms with Crippen LogP contribution in [0.3, 0.4) is 0 Å². The summed E-state index contributed by atoms with van der Waals surface area (Å²) in [4.78, 5) is 149. The van der Waals surface area contributed by atoms with Crippen LogP contribution in [0.15, 0.2) is 88.8 Å². The highest BCUT2D eigenvalue weighted by molar-refractivity contribution is 5.88. The van der Waals surface area contributed by atoms with Crippen molar-refractivity contribution in [2.75, 3.05) is 59.3 Å². The van der Waals surface area contributed by atoms with Crippen molar-refractivity contribution in [1.29, 1.82) is 0 Å². The SMILES string of the molecule is C=CC(=O)OCC(COC(=O)C(=C)C)OC(=O)NCCCCCCn1c(=O)n(CCCCCCNC(=O)OC(COC(=O)C=C)COC(=O)C(=C)C)c(=O)n(CCCCCCNC(=O)OC(COC(=O)C=C)COC(=O)C(=C)C)c1=O. The molecule has 1 aromatic rings. The molecule has 0 aliphatic rings. The van der Waals surface area contributed by atoms with Crippen molar-refractivity contribution in [3.05, 3.63) is 106 Å². The molecule has 450 valence electrons. The second kappa shape index (κ2) is 40.6. The number of aromatic nitrogens is 3. The minimum absolute atomic E-state index is 0.0211. The fraction of sp³-hybridized carbons (Fsp3) is 0.556. The van der Waals surface area contributed by atoms with Crippen molar-refractivity contribution in [2.24, 2.45) is 0 Å². The first kappa shape index (κ1) is 70.5. The molecule has 0 bridgehead atoms. The summed E-state index contributed by atoms with van der Waals surface area (Å²) in [6.07, 6.45) is 2.43. The Bertz CT molecular complexity index is 2240. The number of carbonyl (C=O) groups excluding carboxylic acids is 9. The maximum atomic E-state index is 13.8. The van der Waals surface area contributed by atoms with E-state index < -0.39 is 129 Å². The number of hydrogen-bond acceptors (Lipinski definition) is 21. The summed E-state index contributed by atoms with van der Waals surface area (Å²) in [5.74, 6) is -4.52. The third-order valence-corrected chi connectivity index (χ3v) is 10.9. The number of ether oxygens (including phenoxy) is 9. The van der Waals surface area contributed by atoms with Crippen molar-refractivity contribution in [1.82, 2.24) is 29.7 Å². The van der Waals surface area contributed by atoms with Crippen LogP contribution in [0.4, 0.5) is 14.4 Å². The maximum Gasteiger partial charge on any atom is 0.407 e. The van der Waals surface area contributed by atoms with E-state index in [2.05, 4.69) is 55.4 Å². The number of nitrogens with one attached hydrogen (secondary N) is 3. The Morgan fingerprint density at radius 2 is 0.605 bits per heavy atom. The van der Waals surface area contributed by atoms with Crippen molar-refractivity contribution in [2.45, 2.75) is 136 Å². The smallest absolute Gasteiger partial charge is 0.407 e. The van der Waals surface area contributed by atoms with Gasteiger partial charge in [-0.25, -0.2) is 71.2 Å². The largest absolute Gasteiger partial charge is 0.458 e. The van der Waals surface area contributed by atoms with Crippen LogP contribution in [0.5, 0.6) is 0 Å². The molecule has 0 aliphatic heterocycles. The fourth-order valence-corrected chi connectivity index (χ4v) is 6.58. The Morgan fingerprint density at radius 1 is 0.383 bits per heavy atom. The molecule has 27 heteroatoms. The highest BCUT2D eigenvalue weighted by atomic mass is 16.6. The molecule has 1 aromatic heterocycles. The van der Waals surface area contributed by atoms with E-state index in [0.29, 0.717) is 77.0 Å². The predicted molar refractivity (Wildman–Crippen MR) is 290 cm³/mol. The number of alkyl carbamates (subject to hydrolysis) is 3. The van der Waals surface area contributed by atoms with Gasteiger partial charge in [-0.05, 0) is 59.3 Å². The molecule has 0 saturated carbocycles. The van der Waals surface area contributed by atoms with E-state index in [9.17, 15) is 57.5 Å². The zero-order chi connectivity index (χ0) is 60.7. The van der Waals surface area contributed by atoms with E-state index in [1.807, 2.05) is 0 Å². The van der Waals surface area contributed by atoms with Gasteiger partial charge in [0.15, 0.2) is 18.3 Å². The Labute approximate surface area is 469 Å².